The Morgan fingerprint density at radius 1 is 1.24 bits per heavy atom. The molecule has 34 heavy (non-hydrogen) atoms. The maximum Gasteiger partial charge on any atom is 0.405 e. The number of nitroso groups, excluding NO2 is 1. The summed E-state index contributed by atoms with van der Waals surface area (Å²) in [4.78, 5) is 37.3. The number of carboxylic acid groups (broad SMARTS) is 1. The molecule has 1 aliphatic carbocycles. The Labute approximate surface area is 196 Å². The molecule has 11 nitrogen and oxygen atoms in total. The van der Waals surface area contributed by atoms with Crippen molar-refractivity contribution in [1.29, 1.82) is 0 Å². The predicted molar refractivity (Wildman–Crippen MR) is 125 cm³/mol. The number of carbonyl (C=O) groups excluding carboxylic acids is 1. The number of amides is 2. The van der Waals surface area contributed by atoms with E-state index in [1.54, 1.807) is 23.2 Å². The zero-order valence-electron chi connectivity index (χ0n) is 19.0. The average Bonchev–Trinajstić information content (AvgIpc) is 3.32. The highest BCUT2D eigenvalue weighted by atomic mass is 16.4. The van der Waals surface area contributed by atoms with Crippen LogP contribution in [-0.2, 0) is 18.4 Å². The summed E-state index contributed by atoms with van der Waals surface area (Å²) in [6.45, 7) is 0.674. The highest BCUT2D eigenvalue weighted by Crippen LogP contribution is 2.41. The smallest absolute Gasteiger partial charge is 0.405 e. The number of anilines is 2. The number of aryl methyl sites for hydroxylation is 1. The van der Waals surface area contributed by atoms with Crippen LogP contribution < -0.4 is 15.6 Å². The fourth-order valence-corrected chi connectivity index (χ4v) is 5.30. The van der Waals surface area contributed by atoms with Crippen LogP contribution in [0.4, 0.5) is 21.9 Å². The average molecular weight is 467 g/mol. The van der Waals surface area contributed by atoms with Crippen LogP contribution in [0.15, 0.2) is 29.6 Å². The lowest BCUT2D eigenvalue weighted by atomic mass is 9.83. The third-order valence-electron chi connectivity index (χ3n) is 6.89. The summed E-state index contributed by atoms with van der Waals surface area (Å²) in [6.07, 6.45) is 8.83. The molecule has 0 radical (unpaired) electrons. The zero-order valence-corrected chi connectivity index (χ0v) is 19.0. The number of rotatable bonds is 5. The molecule has 1 aromatic carbocycles. The number of benzene rings is 1. The minimum atomic E-state index is -1.22. The van der Waals surface area contributed by atoms with Crippen LogP contribution in [0.25, 0.3) is 0 Å². The van der Waals surface area contributed by atoms with Gasteiger partial charge in [-0.2, -0.15) is 10.2 Å². The summed E-state index contributed by atoms with van der Waals surface area (Å²) in [7, 11) is 1.83. The fraction of sp³-hybridized carbons (Fsp3) is 0.478. The molecule has 1 unspecified atom stereocenters. The van der Waals surface area contributed by atoms with Crippen LogP contribution in [-0.4, -0.2) is 50.4 Å². The molecule has 3 heterocycles. The molecule has 2 aromatic rings. The second-order valence-corrected chi connectivity index (χ2v) is 9.24. The first kappa shape index (κ1) is 22.1. The van der Waals surface area contributed by atoms with Gasteiger partial charge in [0.05, 0.1) is 24.3 Å². The van der Waals surface area contributed by atoms with E-state index in [-0.39, 0.29) is 18.4 Å². The third kappa shape index (κ3) is 4.25. The Bertz CT molecular complexity index is 1170. The van der Waals surface area contributed by atoms with Gasteiger partial charge in [-0.05, 0) is 30.4 Å². The number of nitrogens with zero attached hydrogens (tertiary/aromatic N) is 5. The fourth-order valence-electron chi connectivity index (χ4n) is 5.30. The van der Waals surface area contributed by atoms with Gasteiger partial charge in [-0.1, -0.05) is 19.3 Å². The number of hydrogen-bond acceptors (Lipinski definition) is 6. The van der Waals surface area contributed by atoms with Crippen molar-refractivity contribution in [2.75, 3.05) is 16.9 Å². The van der Waals surface area contributed by atoms with Crippen molar-refractivity contribution in [1.82, 2.24) is 15.1 Å². The van der Waals surface area contributed by atoms with Crippen molar-refractivity contribution in [3.05, 3.63) is 40.6 Å². The quantitative estimate of drug-likeness (QED) is 0.580. The van der Waals surface area contributed by atoms with Crippen LogP contribution >= 0.6 is 0 Å². The molecule has 1 fully saturated rings. The standard InChI is InChI=1S/C23H27N7O4/c1-28-13-18(10-24-28)29-11-15-7-17(8-19-20(15)16(9-25-29)12-30(19)34)26-22(31)21(27-23(32)33)14-5-3-2-4-6-14/h7-10,13-14,16,21,27H,2-6,11-12H2,1H3,(H-,26,31,32,33)/p+1/t16?,21-/m1/s1. The molecule has 3 N–H and O–H groups in total. The first-order valence-corrected chi connectivity index (χ1v) is 11.6. The molecule has 2 aliphatic heterocycles. The van der Waals surface area contributed by atoms with Gasteiger partial charge in [-0.25, -0.2) is 4.79 Å². The Hall–Kier alpha value is -3.76. The van der Waals surface area contributed by atoms with Crippen LogP contribution in [0.3, 0.4) is 0 Å². The Kier molecular flexibility index (Phi) is 5.76. The molecule has 0 saturated heterocycles. The maximum atomic E-state index is 13.2. The van der Waals surface area contributed by atoms with Crippen LogP contribution in [0.1, 0.15) is 49.1 Å². The molecular weight excluding hydrogens is 438 g/mol. The Morgan fingerprint density at radius 2 is 2.03 bits per heavy atom. The monoisotopic (exact) mass is 466 g/mol. The van der Waals surface area contributed by atoms with E-state index in [0.29, 0.717) is 17.9 Å². The van der Waals surface area contributed by atoms with Crippen molar-refractivity contribution >= 4 is 35.3 Å². The number of nitrogens with one attached hydrogen (secondary N) is 2. The van der Waals surface area contributed by atoms with E-state index in [1.807, 2.05) is 24.3 Å². The van der Waals surface area contributed by atoms with E-state index in [0.717, 1.165) is 53.7 Å². The normalized spacial score (nSPS) is 20.6. The molecule has 178 valence electrons. The molecule has 1 saturated carbocycles. The molecule has 3 aliphatic rings. The highest BCUT2D eigenvalue weighted by Gasteiger charge is 2.41. The SMILES string of the molecule is Cn1cc(N2Cc3cc(NC(=O)[C@H](NC(=O)O)C4CCCCC4)cc4c3C(C=N2)C[N+]4=O)cn1. The van der Waals surface area contributed by atoms with E-state index in [4.69, 9.17) is 0 Å². The highest BCUT2D eigenvalue weighted by molar-refractivity contribution is 5.97. The van der Waals surface area contributed by atoms with Gasteiger partial charge in [-0.15, -0.1) is 0 Å². The van der Waals surface area contributed by atoms with Gasteiger partial charge in [0, 0.05) is 46.4 Å². The molecule has 1 aromatic heterocycles. The predicted octanol–water partition coefficient (Wildman–Crippen LogP) is 3.09. The Balaban J connectivity index is 1.44. The van der Waals surface area contributed by atoms with Crippen LogP contribution in [0.5, 0.6) is 0 Å². The summed E-state index contributed by atoms with van der Waals surface area (Å²) in [5.74, 6) is -0.587. The first-order valence-electron chi connectivity index (χ1n) is 11.6. The molecule has 0 spiro atoms. The summed E-state index contributed by atoms with van der Waals surface area (Å²) in [5, 5.41) is 25.2. The minimum Gasteiger partial charge on any atom is -0.465 e. The van der Waals surface area contributed by atoms with Crippen molar-refractivity contribution in [3.8, 4) is 0 Å². The molecule has 5 rings (SSSR count). The van der Waals surface area contributed by atoms with Gasteiger partial charge in [0.15, 0.2) is 0 Å². The minimum absolute atomic E-state index is 0.0457. The molecule has 2 amide bonds. The van der Waals surface area contributed by atoms with Gasteiger partial charge in [0.25, 0.3) is 5.69 Å². The summed E-state index contributed by atoms with van der Waals surface area (Å²) >= 11 is 0. The second kappa shape index (κ2) is 8.88. The summed E-state index contributed by atoms with van der Waals surface area (Å²) < 4.78 is 2.63. The molecule has 0 bridgehead atoms. The number of hydrazone groups is 1. The van der Waals surface area contributed by atoms with Crippen molar-refractivity contribution in [3.63, 3.8) is 0 Å². The van der Waals surface area contributed by atoms with Gasteiger partial charge in [-0.3, -0.25) is 14.5 Å². The summed E-state index contributed by atoms with van der Waals surface area (Å²) in [5.41, 5.74) is 3.61. The van der Waals surface area contributed by atoms with Crippen molar-refractivity contribution in [2.24, 2.45) is 18.1 Å². The summed E-state index contributed by atoms with van der Waals surface area (Å²) in [6, 6.07) is 2.70. The largest absolute Gasteiger partial charge is 0.465 e. The van der Waals surface area contributed by atoms with Crippen LogP contribution in [0, 0.1) is 10.8 Å². The van der Waals surface area contributed by atoms with Crippen molar-refractivity contribution < 1.29 is 19.5 Å². The lowest BCUT2D eigenvalue weighted by Crippen LogP contribution is -2.48. The second-order valence-electron chi connectivity index (χ2n) is 9.24. The van der Waals surface area contributed by atoms with Gasteiger partial charge >= 0.3 is 6.09 Å². The Morgan fingerprint density at radius 3 is 2.74 bits per heavy atom. The van der Waals surface area contributed by atoms with E-state index < -0.39 is 18.0 Å². The number of aromatic nitrogens is 2. The number of carbonyl (C=O) groups is 2. The lowest BCUT2D eigenvalue weighted by molar-refractivity contribution is -0.452. The third-order valence-corrected chi connectivity index (χ3v) is 6.89. The van der Waals surface area contributed by atoms with E-state index in [1.165, 1.54) is 0 Å². The first-order chi connectivity index (χ1) is 16.4. The maximum absolute atomic E-state index is 13.2. The molecular formula is C23H28N7O4+. The topological polar surface area (TPSA) is 132 Å². The number of hydrogen-bond donors (Lipinski definition) is 3. The lowest BCUT2D eigenvalue weighted by Gasteiger charge is -2.29. The van der Waals surface area contributed by atoms with Crippen LogP contribution in [0.2, 0.25) is 0 Å². The molecule has 2 atom stereocenters. The van der Waals surface area contributed by atoms with Gasteiger partial charge in [0.1, 0.15) is 6.04 Å². The van der Waals surface area contributed by atoms with Gasteiger partial charge in [0.2, 0.25) is 12.5 Å². The van der Waals surface area contributed by atoms with Crippen molar-refractivity contribution in [2.45, 2.75) is 50.6 Å². The zero-order chi connectivity index (χ0) is 23.8. The van der Waals surface area contributed by atoms with Gasteiger partial charge < -0.3 is 15.7 Å². The van der Waals surface area contributed by atoms with E-state index in [2.05, 4.69) is 20.8 Å². The van der Waals surface area contributed by atoms with E-state index in [9.17, 15) is 19.6 Å². The molecule has 11 heteroatoms. The van der Waals surface area contributed by atoms with E-state index >= 15 is 0 Å².